The normalized spacial score (nSPS) is 14.4. The van der Waals surface area contributed by atoms with Crippen LogP contribution >= 0.6 is 0 Å². The van der Waals surface area contributed by atoms with E-state index < -0.39 is 5.97 Å². The largest absolute Gasteiger partial charge is 0.481 e. The van der Waals surface area contributed by atoms with Crippen molar-refractivity contribution < 1.29 is 14.3 Å². The van der Waals surface area contributed by atoms with Crippen molar-refractivity contribution in [3.63, 3.8) is 0 Å². The number of carboxylic acids is 1. The Morgan fingerprint density at radius 1 is 1.25 bits per heavy atom. The van der Waals surface area contributed by atoms with Gasteiger partial charge in [0.15, 0.2) is 0 Å². The summed E-state index contributed by atoms with van der Waals surface area (Å²) in [4.78, 5) is 10.5. The first-order chi connectivity index (χ1) is 9.72. The molecule has 0 fully saturated rings. The van der Waals surface area contributed by atoms with Crippen molar-refractivity contribution in [2.75, 3.05) is 0 Å². The second-order valence-electron chi connectivity index (χ2n) is 5.16. The molecule has 0 saturated carbocycles. The van der Waals surface area contributed by atoms with E-state index in [-0.39, 0.29) is 12.3 Å². The van der Waals surface area contributed by atoms with E-state index in [2.05, 4.69) is 22.3 Å². The second-order valence-corrected chi connectivity index (χ2v) is 5.16. The fourth-order valence-corrected chi connectivity index (χ4v) is 2.66. The van der Waals surface area contributed by atoms with E-state index in [0.717, 1.165) is 12.8 Å². The molecule has 5 heteroatoms. The SMILES string of the molecule is O=C(O)CCCc1nnc(C2Cc3ccccc3C2)o1. The van der Waals surface area contributed by atoms with Crippen LogP contribution < -0.4 is 0 Å². The molecule has 0 aliphatic heterocycles. The Hall–Kier alpha value is -2.17. The van der Waals surface area contributed by atoms with Crippen LogP contribution in [0.25, 0.3) is 0 Å². The van der Waals surface area contributed by atoms with Crippen LogP contribution in [0.15, 0.2) is 28.7 Å². The van der Waals surface area contributed by atoms with E-state index in [0.29, 0.717) is 24.6 Å². The minimum absolute atomic E-state index is 0.132. The van der Waals surface area contributed by atoms with Gasteiger partial charge in [0, 0.05) is 18.8 Å². The van der Waals surface area contributed by atoms with E-state index in [1.54, 1.807) is 0 Å². The fraction of sp³-hybridized carbons (Fsp3) is 0.400. The molecule has 0 unspecified atom stereocenters. The maximum absolute atomic E-state index is 10.5. The molecule has 0 bridgehead atoms. The lowest BCUT2D eigenvalue weighted by atomic mass is 10.1. The lowest BCUT2D eigenvalue weighted by Gasteiger charge is -2.01. The summed E-state index contributed by atoms with van der Waals surface area (Å²) in [5, 5.41) is 16.7. The molecule has 1 heterocycles. The fourth-order valence-electron chi connectivity index (χ4n) is 2.66. The number of aryl methyl sites for hydroxylation is 1. The van der Waals surface area contributed by atoms with Crippen molar-refractivity contribution >= 4 is 5.97 Å². The molecular weight excluding hydrogens is 256 g/mol. The third-order valence-electron chi connectivity index (χ3n) is 3.66. The highest BCUT2D eigenvalue weighted by molar-refractivity contribution is 5.66. The van der Waals surface area contributed by atoms with Gasteiger partial charge in [0.2, 0.25) is 11.8 Å². The molecule has 104 valence electrons. The minimum Gasteiger partial charge on any atom is -0.481 e. The Morgan fingerprint density at radius 3 is 2.60 bits per heavy atom. The Morgan fingerprint density at radius 2 is 1.95 bits per heavy atom. The van der Waals surface area contributed by atoms with Gasteiger partial charge in [-0.25, -0.2) is 0 Å². The van der Waals surface area contributed by atoms with Crippen molar-refractivity contribution in [3.05, 3.63) is 47.2 Å². The van der Waals surface area contributed by atoms with Crippen LogP contribution in [-0.4, -0.2) is 21.3 Å². The van der Waals surface area contributed by atoms with Crippen LogP contribution in [0.5, 0.6) is 0 Å². The summed E-state index contributed by atoms with van der Waals surface area (Å²) in [6.07, 6.45) is 3.06. The zero-order chi connectivity index (χ0) is 13.9. The first-order valence-corrected chi connectivity index (χ1v) is 6.83. The molecule has 2 aromatic rings. The van der Waals surface area contributed by atoms with Gasteiger partial charge in [-0.2, -0.15) is 0 Å². The molecule has 1 aliphatic rings. The van der Waals surface area contributed by atoms with Crippen LogP contribution in [0.4, 0.5) is 0 Å². The Balaban J connectivity index is 1.62. The molecular formula is C15H16N2O3. The van der Waals surface area contributed by atoms with Crippen molar-refractivity contribution in [1.82, 2.24) is 10.2 Å². The predicted molar refractivity (Wildman–Crippen MR) is 71.5 cm³/mol. The monoisotopic (exact) mass is 272 g/mol. The zero-order valence-corrected chi connectivity index (χ0v) is 11.1. The van der Waals surface area contributed by atoms with Crippen LogP contribution in [0.2, 0.25) is 0 Å². The number of carboxylic acid groups (broad SMARTS) is 1. The number of carbonyl (C=O) groups is 1. The smallest absolute Gasteiger partial charge is 0.303 e. The number of hydrogen-bond donors (Lipinski definition) is 1. The van der Waals surface area contributed by atoms with Gasteiger partial charge in [-0.3, -0.25) is 4.79 Å². The van der Waals surface area contributed by atoms with Gasteiger partial charge in [0.1, 0.15) is 0 Å². The molecule has 0 radical (unpaired) electrons. The highest BCUT2D eigenvalue weighted by Crippen LogP contribution is 2.33. The number of benzene rings is 1. The van der Waals surface area contributed by atoms with E-state index in [1.165, 1.54) is 11.1 Å². The highest BCUT2D eigenvalue weighted by atomic mass is 16.4. The van der Waals surface area contributed by atoms with Crippen molar-refractivity contribution in [3.8, 4) is 0 Å². The summed E-state index contributed by atoms with van der Waals surface area (Å²) in [5.41, 5.74) is 2.70. The number of fused-ring (bicyclic) bond motifs is 1. The quantitative estimate of drug-likeness (QED) is 0.904. The van der Waals surface area contributed by atoms with E-state index in [1.807, 2.05) is 12.1 Å². The van der Waals surface area contributed by atoms with Crippen molar-refractivity contribution in [1.29, 1.82) is 0 Å². The molecule has 1 aromatic heterocycles. The van der Waals surface area contributed by atoms with Crippen molar-refractivity contribution in [2.45, 2.75) is 38.0 Å². The first kappa shape index (κ1) is 12.8. The number of hydrogen-bond acceptors (Lipinski definition) is 4. The van der Waals surface area contributed by atoms with Gasteiger partial charge in [0.05, 0.1) is 0 Å². The summed E-state index contributed by atoms with van der Waals surface area (Å²) in [6, 6.07) is 8.37. The molecule has 0 atom stereocenters. The van der Waals surface area contributed by atoms with Gasteiger partial charge in [-0.05, 0) is 30.4 Å². The summed E-state index contributed by atoms with van der Waals surface area (Å²) >= 11 is 0. The van der Waals surface area contributed by atoms with Crippen LogP contribution in [0.3, 0.4) is 0 Å². The van der Waals surface area contributed by atoms with E-state index in [9.17, 15) is 4.79 Å². The maximum atomic E-state index is 10.5. The topological polar surface area (TPSA) is 76.2 Å². The third-order valence-corrected chi connectivity index (χ3v) is 3.66. The molecule has 1 aromatic carbocycles. The van der Waals surface area contributed by atoms with Crippen LogP contribution in [0, 0.1) is 0 Å². The molecule has 0 amide bonds. The average molecular weight is 272 g/mol. The number of aliphatic carboxylic acids is 1. The molecule has 20 heavy (non-hydrogen) atoms. The second kappa shape index (κ2) is 5.45. The van der Waals surface area contributed by atoms with Crippen LogP contribution in [-0.2, 0) is 24.1 Å². The molecule has 1 N–H and O–H groups in total. The van der Waals surface area contributed by atoms with Gasteiger partial charge in [0.25, 0.3) is 0 Å². The molecule has 0 saturated heterocycles. The van der Waals surface area contributed by atoms with Crippen LogP contribution in [0.1, 0.15) is 41.7 Å². The number of aromatic nitrogens is 2. The lowest BCUT2D eigenvalue weighted by Crippen LogP contribution is -1.98. The third kappa shape index (κ3) is 2.71. The Labute approximate surface area is 116 Å². The molecule has 5 nitrogen and oxygen atoms in total. The number of nitrogens with zero attached hydrogens (tertiary/aromatic N) is 2. The van der Waals surface area contributed by atoms with Gasteiger partial charge in [-0.15, -0.1) is 10.2 Å². The molecule has 1 aliphatic carbocycles. The molecule has 3 rings (SSSR count). The molecule has 0 spiro atoms. The Bertz CT molecular complexity index is 596. The van der Waals surface area contributed by atoms with Gasteiger partial charge < -0.3 is 9.52 Å². The lowest BCUT2D eigenvalue weighted by molar-refractivity contribution is -0.137. The van der Waals surface area contributed by atoms with E-state index in [4.69, 9.17) is 9.52 Å². The summed E-state index contributed by atoms with van der Waals surface area (Å²) in [5.74, 6) is 0.674. The summed E-state index contributed by atoms with van der Waals surface area (Å²) in [6.45, 7) is 0. The predicted octanol–water partition coefficient (Wildman–Crippen LogP) is 2.36. The highest BCUT2D eigenvalue weighted by Gasteiger charge is 2.26. The maximum Gasteiger partial charge on any atom is 0.303 e. The van der Waals surface area contributed by atoms with Gasteiger partial charge in [-0.1, -0.05) is 24.3 Å². The van der Waals surface area contributed by atoms with Crippen molar-refractivity contribution in [2.24, 2.45) is 0 Å². The first-order valence-electron chi connectivity index (χ1n) is 6.83. The zero-order valence-electron chi connectivity index (χ0n) is 11.1. The minimum atomic E-state index is -0.795. The standard InChI is InChI=1S/C15H16N2O3/c18-14(19)7-3-6-13-16-17-15(20-13)12-8-10-4-1-2-5-11(10)9-12/h1-2,4-5,12H,3,6-9H2,(H,18,19). The number of rotatable bonds is 5. The summed E-state index contributed by atoms with van der Waals surface area (Å²) in [7, 11) is 0. The van der Waals surface area contributed by atoms with Gasteiger partial charge >= 0.3 is 5.97 Å². The average Bonchev–Trinajstić information content (AvgIpc) is 3.03. The van der Waals surface area contributed by atoms with E-state index >= 15 is 0 Å². The Kier molecular flexibility index (Phi) is 3.50. The summed E-state index contributed by atoms with van der Waals surface area (Å²) < 4.78 is 5.67.